The minimum absolute atomic E-state index is 0.789. The maximum Gasteiger partial charge on any atom is 0.0237 e. The van der Waals surface area contributed by atoms with Crippen molar-refractivity contribution in [3.8, 4) is 0 Å². The van der Waals surface area contributed by atoms with Crippen LogP contribution in [0.4, 0.5) is 0 Å². The molecule has 0 unspecified atom stereocenters. The largest absolute Gasteiger partial charge is 0.295 e. The molecule has 2 rings (SSSR count). The van der Waals surface area contributed by atoms with Crippen molar-refractivity contribution < 1.29 is 0 Å². The predicted molar refractivity (Wildman–Crippen MR) is 96.2 cm³/mol. The van der Waals surface area contributed by atoms with Gasteiger partial charge in [0.25, 0.3) is 0 Å². The van der Waals surface area contributed by atoms with Crippen LogP contribution in [0.25, 0.3) is 0 Å². The molecule has 0 aliphatic heterocycles. The predicted octanol–water partition coefficient (Wildman–Crippen LogP) is 5.49. The number of unbranched alkanes of at least 4 members (excludes halogenated alkanes) is 3. The molecule has 22 heavy (non-hydrogen) atoms. The van der Waals surface area contributed by atoms with Crippen LogP contribution in [0.5, 0.6) is 0 Å². The highest BCUT2D eigenvalue weighted by Crippen LogP contribution is 2.12. The highest BCUT2D eigenvalue weighted by atomic mass is 35.5. The van der Waals surface area contributed by atoms with Crippen LogP contribution < -0.4 is 0 Å². The summed E-state index contributed by atoms with van der Waals surface area (Å²) in [5.74, 6) is 0.789. The summed E-state index contributed by atoms with van der Waals surface area (Å²) in [5.41, 5.74) is 2.78. The van der Waals surface area contributed by atoms with Crippen molar-refractivity contribution >= 4 is 11.6 Å². The zero-order valence-electron chi connectivity index (χ0n) is 13.3. The Labute approximate surface area is 139 Å². The Bertz CT molecular complexity index is 456. The molecule has 0 amide bonds. The van der Waals surface area contributed by atoms with Gasteiger partial charge in [-0.3, -0.25) is 4.90 Å². The van der Waals surface area contributed by atoms with E-state index >= 15 is 0 Å². The first-order valence-electron chi connectivity index (χ1n) is 8.24. The van der Waals surface area contributed by atoms with Crippen LogP contribution in [-0.4, -0.2) is 17.3 Å². The second-order valence-corrected chi connectivity index (χ2v) is 6.16. The molecule has 0 saturated heterocycles. The van der Waals surface area contributed by atoms with Crippen LogP contribution in [0.2, 0.25) is 0 Å². The number of hydrogen-bond donors (Lipinski definition) is 0. The average Bonchev–Trinajstić information content (AvgIpc) is 2.56. The Balaban J connectivity index is 1.88. The van der Waals surface area contributed by atoms with Crippen molar-refractivity contribution in [2.75, 3.05) is 12.4 Å². The van der Waals surface area contributed by atoms with Gasteiger partial charge in [-0.1, -0.05) is 73.5 Å². The second-order valence-electron chi connectivity index (χ2n) is 5.79. The van der Waals surface area contributed by atoms with Crippen molar-refractivity contribution in [2.24, 2.45) is 0 Å². The monoisotopic (exact) mass is 315 g/mol. The molecule has 0 radical (unpaired) electrons. The molecule has 0 N–H and O–H groups in total. The van der Waals surface area contributed by atoms with Gasteiger partial charge in [0.2, 0.25) is 0 Å². The molecule has 0 spiro atoms. The summed E-state index contributed by atoms with van der Waals surface area (Å²) in [5, 5.41) is 0. The molecule has 0 saturated carbocycles. The van der Waals surface area contributed by atoms with Gasteiger partial charge in [-0.25, -0.2) is 0 Å². The third kappa shape index (κ3) is 6.64. The van der Waals surface area contributed by atoms with Gasteiger partial charge in [0.15, 0.2) is 0 Å². The fraction of sp³-hybridized carbons (Fsp3) is 0.400. The first-order chi connectivity index (χ1) is 10.9. The first-order valence-corrected chi connectivity index (χ1v) is 8.78. The Hall–Kier alpha value is -1.31. The molecule has 0 bridgehead atoms. The molecular formula is C20H26ClN. The van der Waals surface area contributed by atoms with E-state index < -0.39 is 0 Å². The Morgan fingerprint density at radius 1 is 0.636 bits per heavy atom. The third-order valence-corrected chi connectivity index (χ3v) is 4.12. The summed E-state index contributed by atoms with van der Waals surface area (Å²) < 4.78 is 0. The standard InChI is InChI=1S/C20H26ClN/c21-15-9-1-2-10-16-22(17-19-11-5-3-6-12-19)18-20-13-7-4-8-14-20/h3-8,11-14H,1-2,9-10,15-18H2. The summed E-state index contributed by atoms with van der Waals surface area (Å²) in [6, 6.07) is 21.5. The average molecular weight is 316 g/mol. The fourth-order valence-electron chi connectivity index (χ4n) is 2.68. The number of alkyl halides is 1. The van der Waals surface area contributed by atoms with E-state index in [1.165, 1.54) is 30.4 Å². The summed E-state index contributed by atoms with van der Waals surface area (Å²) in [7, 11) is 0. The normalized spacial score (nSPS) is 11.0. The SMILES string of the molecule is ClCCCCCCN(Cc1ccccc1)Cc1ccccc1. The van der Waals surface area contributed by atoms with Crippen LogP contribution >= 0.6 is 11.6 Å². The zero-order valence-corrected chi connectivity index (χ0v) is 14.0. The van der Waals surface area contributed by atoms with Crippen LogP contribution in [0.15, 0.2) is 60.7 Å². The van der Waals surface area contributed by atoms with Crippen molar-refractivity contribution in [2.45, 2.75) is 38.8 Å². The van der Waals surface area contributed by atoms with Crippen LogP contribution in [0.3, 0.4) is 0 Å². The van der Waals surface area contributed by atoms with E-state index in [1.807, 2.05) is 0 Å². The van der Waals surface area contributed by atoms with E-state index in [-0.39, 0.29) is 0 Å². The fourth-order valence-corrected chi connectivity index (χ4v) is 2.87. The minimum Gasteiger partial charge on any atom is -0.295 e. The molecule has 0 atom stereocenters. The number of hydrogen-bond acceptors (Lipinski definition) is 1. The molecule has 118 valence electrons. The quantitative estimate of drug-likeness (QED) is 0.414. The molecule has 0 aliphatic carbocycles. The van der Waals surface area contributed by atoms with Gasteiger partial charge in [0, 0.05) is 19.0 Å². The van der Waals surface area contributed by atoms with E-state index in [1.54, 1.807) is 0 Å². The van der Waals surface area contributed by atoms with Crippen LogP contribution in [-0.2, 0) is 13.1 Å². The zero-order chi connectivity index (χ0) is 15.5. The number of halogens is 1. The second kappa shape index (κ2) is 10.4. The number of rotatable bonds is 10. The van der Waals surface area contributed by atoms with E-state index in [4.69, 9.17) is 11.6 Å². The van der Waals surface area contributed by atoms with Gasteiger partial charge in [-0.15, -0.1) is 11.6 Å². The highest BCUT2D eigenvalue weighted by molar-refractivity contribution is 6.17. The molecule has 1 nitrogen and oxygen atoms in total. The van der Waals surface area contributed by atoms with E-state index in [9.17, 15) is 0 Å². The van der Waals surface area contributed by atoms with Crippen molar-refractivity contribution in [1.29, 1.82) is 0 Å². The Morgan fingerprint density at radius 3 is 1.64 bits per heavy atom. The van der Waals surface area contributed by atoms with Gasteiger partial charge < -0.3 is 0 Å². The lowest BCUT2D eigenvalue weighted by molar-refractivity contribution is 0.250. The molecule has 0 heterocycles. The third-order valence-electron chi connectivity index (χ3n) is 3.86. The summed E-state index contributed by atoms with van der Waals surface area (Å²) in [4.78, 5) is 2.55. The molecule has 0 aliphatic rings. The molecule has 0 fully saturated rings. The van der Waals surface area contributed by atoms with Crippen LogP contribution in [0.1, 0.15) is 36.8 Å². The van der Waals surface area contributed by atoms with E-state index in [0.717, 1.165) is 31.9 Å². The minimum atomic E-state index is 0.789. The van der Waals surface area contributed by atoms with E-state index in [0.29, 0.717) is 0 Å². The van der Waals surface area contributed by atoms with Gasteiger partial charge in [0.05, 0.1) is 0 Å². The molecule has 0 aromatic heterocycles. The van der Waals surface area contributed by atoms with Crippen molar-refractivity contribution in [3.63, 3.8) is 0 Å². The maximum absolute atomic E-state index is 5.75. The lowest BCUT2D eigenvalue weighted by Crippen LogP contribution is -2.24. The van der Waals surface area contributed by atoms with Crippen LogP contribution in [0, 0.1) is 0 Å². The maximum atomic E-state index is 5.75. The van der Waals surface area contributed by atoms with Crippen molar-refractivity contribution in [3.05, 3.63) is 71.8 Å². The topological polar surface area (TPSA) is 3.24 Å². The van der Waals surface area contributed by atoms with Gasteiger partial charge in [0.1, 0.15) is 0 Å². The van der Waals surface area contributed by atoms with E-state index in [2.05, 4.69) is 65.6 Å². The number of nitrogens with zero attached hydrogens (tertiary/aromatic N) is 1. The smallest absolute Gasteiger partial charge is 0.0237 e. The lowest BCUT2D eigenvalue weighted by Gasteiger charge is -2.22. The highest BCUT2D eigenvalue weighted by Gasteiger charge is 2.07. The summed E-state index contributed by atoms with van der Waals surface area (Å²) in [6.07, 6.45) is 4.90. The lowest BCUT2D eigenvalue weighted by atomic mass is 10.1. The van der Waals surface area contributed by atoms with Gasteiger partial charge in [-0.2, -0.15) is 0 Å². The molecule has 2 aromatic carbocycles. The first kappa shape index (κ1) is 17.1. The molecule has 2 aromatic rings. The molecular weight excluding hydrogens is 290 g/mol. The molecule has 2 heteroatoms. The summed E-state index contributed by atoms with van der Waals surface area (Å²) >= 11 is 5.75. The number of benzene rings is 2. The Morgan fingerprint density at radius 2 is 1.14 bits per heavy atom. The Kier molecular flexibility index (Phi) is 8.08. The van der Waals surface area contributed by atoms with Gasteiger partial charge >= 0.3 is 0 Å². The van der Waals surface area contributed by atoms with Crippen molar-refractivity contribution in [1.82, 2.24) is 4.90 Å². The summed E-state index contributed by atoms with van der Waals surface area (Å²) in [6.45, 7) is 3.18. The van der Waals surface area contributed by atoms with Gasteiger partial charge in [-0.05, 0) is 30.5 Å².